The molecule has 1 aromatic carbocycles. The molecule has 4 N–H and O–H groups in total. The van der Waals surface area contributed by atoms with Crippen molar-refractivity contribution < 1.29 is 0 Å². The third-order valence-electron chi connectivity index (χ3n) is 3.00. The summed E-state index contributed by atoms with van der Waals surface area (Å²) in [5.41, 5.74) is 10.5. The second kappa shape index (κ2) is 5.27. The van der Waals surface area contributed by atoms with Crippen molar-refractivity contribution in [1.82, 2.24) is 15.0 Å². The number of benzene rings is 1. The number of anilines is 2. The summed E-state index contributed by atoms with van der Waals surface area (Å²) in [5.74, 6) is 1.02. The highest BCUT2D eigenvalue weighted by atomic mass is 32.1. The maximum absolute atomic E-state index is 6.10. The average molecular weight is 273 g/mol. The lowest BCUT2D eigenvalue weighted by atomic mass is 10.2. The molecule has 0 amide bonds. The lowest BCUT2D eigenvalue weighted by Gasteiger charge is -2.09. The zero-order valence-electron chi connectivity index (χ0n) is 10.4. The average Bonchev–Trinajstić information content (AvgIpc) is 3.08. The Kier molecular flexibility index (Phi) is 3.33. The minimum atomic E-state index is 0.733. The van der Waals surface area contributed by atoms with E-state index in [1.807, 2.05) is 17.8 Å². The fourth-order valence-electron chi connectivity index (χ4n) is 2.02. The maximum Gasteiger partial charge on any atom is 0.106 e. The molecule has 3 aromatic rings. The van der Waals surface area contributed by atoms with Crippen molar-refractivity contribution in [3.8, 4) is 0 Å². The van der Waals surface area contributed by atoms with Crippen molar-refractivity contribution in [3.63, 3.8) is 0 Å². The number of nitrogens with zero attached hydrogens (tertiary/aromatic N) is 2. The number of aromatic nitrogens is 3. The Bertz CT molecular complexity index is 659. The van der Waals surface area contributed by atoms with E-state index in [0.29, 0.717) is 0 Å². The van der Waals surface area contributed by atoms with Crippen LogP contribution in [0.15, 0.2) is 30.0 Å². The smallest absolute Gasteiger partial charge is 0.106 e. The van der Waals surface area contributed by atoms with Crippen molar-refractivity contribution >= 4 is 32.9 Å². The van der Waals surface area contributed by atoms with Gasteiger partial charge >= 0.3 is 0 Å². The van der Waals surface area contributed by atoms with Gasteiger partial charge in [0.2, 0.25) is 0 Å². The second-order valence-electron chi connectivity index (χ2n) is 4.29. The van der Waals surface area contributed by atoms with E-state index in [2.05, 4.69) is 26.3 Å². The second-order valence-corrected chi connectivity index (χ2v) is 5.18. The standard InChI is InChI=1S/C13H15N5S/c14-12-9(3-4-10-13(12)18-8-19-10)15-5-1-2-11-16-6-7-17-11/h3-4,6-8,15H,1-2,5,14H2,(H,16,17). The van der Waals surface area contributed by atoms with Gasteiger partial charge in [0.1, 0.15) is 11.3 Å². The summed E-state index contributed by atoms with van der Waals surface area (Å²) in [5, 5.41) is 3.36. The number of nitrogens with one attached hydrogen (secondary N) is 2. The maximum atomic E-state index is 6.10. The van der Waals surface area contributed by atoms with Gasteiger partial charge in [0.15, 0.2) is 0 Å². The van der Waals surface area contributed by atoms with E-state index in [1.54, 1.807) is 17.5 Å². The van der Waals surface area contributed by atoms with Gasteiger partial charge in [-0.15, -0.1) is 11.3 Å². The largest absolute Gasteiger partial charge is 0.395 e. The Balaban J connectivity index is 1.60. The lowest BCUT2D eigenvalue weighted by molar-refractivity contribution is 0.817. The van der Waals surface area contributed by atoms with Crippen molar-refractivity contribution in [3.05, 3.63) is 35.9 Å². The number of thiazole rings is 1. The molecule has 2 heterocycles. The molecule has 0 radical (unpaired) electrons. The van der Waals surface area contributed by atoms with Gasteiger partial charge in [-0.3, -0.25) is 0 Å². The number of hydrogen-bond donors (Lipinski definition) is 3. The minimum Gasteiger partial charge on any atom is -0.395 e. The first-order valence-corrected chi connectivity index (χ1v) is 7.06. The highest BCUT2D eigenvalue weighted by Gasteiger charge is 2.06. The van der Waals surface area contributed by atoms with Gasteiger partial charge in [-0.1, -0.05) is 0 Å². The van der Waals surface area contributed by atoms with Gasteiger partial charge in [0, 0.05) is 25.4 Å². The van der Waals surface area contributed by atoms with E-state index in [9.17, 15) is 0 Å². The minimum absolute atomic E-state index is 0.733. The molecule has 6 heteroatoms. The third-order valence-corrected chi connectivity index (χ3v) is 3.80. The predicted molar refractivity (Wildman–Crippen MR) is 79.4 cm³/mol. The van der Waals surface area contributed by atoms with Crippen LogP contribution in [0.25, 0.3) is 10.2 Å². The summed E-state index contributed by atoms with van der Waals surface area (Å²) in [6, 6.07) is 4.07. The highest BCUT2D eigenvalue weighted by Crippen LogP contribution is 2.29. The van der Waals surface area contributed by atoms with E-state index in [1.165, 1.54) is 0 Å². The topological polar surface area (TPSA) is 79.6 Å². The van der Waals surface area contributed by atoms with Crippen LogP contribution >= 0.6 is 11.3 Å². The van der Waals surface area contributed by atoms with Crippen LogP contribution in [0.1, 0.15) is 12.2 Å². The number of hydrogen-bond acceptors (Lipinski definition) is 5. The number of imidazole rings is 1. The number of rotatable bonds is 5. The van der Waals surface area contributed by atoms with Crippen LogP contribution in [0.3, 0.4) is 0 Å². The quantitative estimate of drug-likeness (QED) is 0.493. The zero-order chi connectivity index (χ0) is 13.1. The highest BCUT2D eigenvalue weighted by molar-refractivity contribution is 7.16. The molecule has 19 heavy (non-hydrogen) atoms. The fourth-order valence-corrected chi connectivity index (χ4v) is 2.71. The molecule has 0 aliphatic carbocycles. The summed E-state index contributed by atoms with van der Waals surface area (Å²) >= 11 is 1.61. The fraction of sp³-hybridized carbons (Fsp3) is 0.231. The molecule has 2 aromatic heterocycles. The van der Waals surface area contributed by atoms with E-state index in [0.717, 1.165) is 46.8 Å². The van der Waals surface area contributed by atoms with Crippen molar-refractivity contribution in [2.24, 2.45) is 0 Å². The van der Waals surface area contributed by atoms with Gasteiger partial charge in [-0.25, -0.2) is 9.97 Å². The molecule has 5 nitrogen and oxygen atoms in total. The lowest BCUT2D eigenvalue weighted by Crippen LogP contribution is -2.06. The summed E-state index contributed by atoms with van der Waals surface area (Å²) in [6.07, 6.45) is 5.55. The van der Waals surface area contributed by atoms with Crippen molar-refractivity contribution in [2.45, 2.75) is 12.8 Å². The molecule has 3 rings (SSSR count). The SMILES string of the molecule is Nc1c(NCCCc2ncc[nH]2)ccc2scnc12. The van der Waals surface area contributed by atoms with Crippen LogP contribution in [0, 0.1) is 0 Å². The van der Waals surface area contributed by atoms with Crippen LogP contribution in [0.4, 0.5) is 11.4 Å². The Morgan fingerprint density at radius 3 is 3.11 bits per heavy atom. The van der Waals surface area contributed by atoms with Crippen molar-refractivity contribution in [2.75, 3.05) is 17.6 Å². The van der Waals surface area contributed by atoms with Gasteiger partial charge in [-0.2, -0.15) is 0 Å². The first-order valence-electron chi connectivity index (χ1n) is 6.18. The number of fused-ring (bicyclic) bond motifs is 1. The van der Waals surface area contributed by atoms with Gasteiger partial charge < -0.3 is 16.0 Å². The normalized spacial score (nSPS) is 10.9. The monoisotopic (exact) mass is 273 g/mol. The number of aryl methyl sites for hydroxylation is 1. The number of H-pyrrole nitrogens is 1. The van der Waals surface area contributed by atoms with Crippen LogP contribution < -0.4 is 11.1 Å². The van der Waals surface area contributed by atoms with E-state index >= 15 is 0 Å². The van der Waals surface area contributed by atoms with E-state index in [-0.39, 0.29) is 0 Å². The molecule has 0 saturated heterocycles. The predicted octanol–water partition coefficient (Wildman–Crippen LogP) is 2.65. The molecule has 0 spiro atoms. The molecule has 0 aliphatic heterocycles. The Labute approximate surface area is 114 Å². The third kappa shape index (κ3) is 2.53. The molecular formula is C13H15N5S. The zero-order valence-corrected chi connectivity index (χ0v) is 11.2. The first kappa shape index (κ1) is 12.0. The summed E-state index contributed by atoms with van der Waals surface area (Å²) in [4.78, 5) is 11.6. The van der Waals surface area contributed by atoms with Gasteiger partial charge in [0.05, 0.1) is 21.6 Å². The molecule has 0 unspecified atom stereocenters. The van der Waals surface area contributed by atoms with Gasteiger partial charge in [0.25, 0.3) is 0 Å². The summed E-state index contributed by atoms with van der Waals surface area (Å²) < 4.78 is 1.12. The molecular weight excluding hydrogens is 258 g/mol. The Hall–Kier alpha value is -2.08. The Morgan fingerprint density at radius 1 is 1.32 bits per heavy atom. The first-order chi connectivity index (χ1) is 9.34. The number of nitrogens with two attached hydrogens (primary N) is 1. The van der Waals surface area contributed by atoms with Crippen LogP contribution in [0.5, 0.6) is 0 Å². The Morgan fingerprint density at radius 2 is 2.26 bits per heavy atom. The molecule has 0 atom stereocenters. The van der Waals surface area contributed by atoms with E-state index in [4.69, 9.17) is 5.73 Å². The van der Waals surface area contributed by atoms with Crippen LogP contribution in [-0.2, 0) is 6.42 Å². The summed E-state index contributed by atoms with van der Waals surface area (Å²) in [6.45, 7) is 0.862. The number of aromatic amines is 1. The molecule has 0 bridgehead atoms. The molecule has 0 aliphatic rings. The summed E-state index contributed by atoms with van der Waals surface area (Å²) in [7, 11) is 0. The van der Waals surface area contributed by atoms with Crippen LogP contribution in [-0.4, -0.2) is 21.5 Å². The van der Waals surface area contributed by atoms with E-state index < -0.39 is 0 Å². The molecule has 0 fully saturated rings. The number of nitrogen functional groups attached to an aromatic ring is 1. The van der Waals surface area contributed by atoms with Gasteiger partial charge in [-0.05, 0) is 18.6 Å². The molecule has 0 saturated carbocycles. The molecule has 98 valence electrons. The van der Waals surface area contributed by atoms with Crippen LogP contribution in [0.2, 0.25) is 0 Å². The van der Waals surface area contributed by atoms with Crippen molar-refractivity contribution in [1.29, 1.82) is 0 Å².